The van der Waals surface area contributed by atoms with E-state index in [9.17, 15) is 9.90 Å². The first-order valence-corrected chi connectivity index (χ1v) is 6.75. The molecule has 2 rings (SSSR count). The van der Waals surface area contributed by atoms with Crippen molar-refractivity contribution in [3.63, 3.8) is 0 Å². The van der Waals surface area contributed by atoms with E-state index in [1.807, 2.05) is 6.92 Å². The Kier molecular flexibility index (Phi) is 3.73. The van der Waals surface area contributed by atoms with Crippen LogP contribution in [0.4, 0.5) is 0 Å². The van der Waals surface area contributed by atoms with Gasteiger partial charge in [0.1, 0.15) is 0 Å². The lowest BCUT2D eigenvalue weighted by atomic mass is 9.65. The molecular formula is C13H23NO3. The van der Waals surface area contributed by atoms with E-state index >= 15 is 0 Å². The normalized spacial score (nSPS) is 26.7. The van der Waals surface area contributed by atoms with Crippen molar-refractivity contribution in [3.8, 4) is 0 Å². The Labute approximate surface area is 103 Å². The van der Waals surface area contributed by atoms with Gasteiger partial charge in [0.2, 0.25) is 0 Å². The molecule has 0 spiro atoms. The molecule has 1 saturated carbocycles. The Bertz CT molecular complexity index is 278. The van der Waals surface area contributed by atoms with Crippen molar-refractivity contribution in [1.29, 1.82) is 0 Å². The van der Waals surface area contributed by atoms with Crippen molar-refractivity contribution in [2.24, 2.45) is 5.41 Å². The Morgan fingerprint density at radius 1 is 1.24 bits per heavy atom. The van der Waals surface area contributed by atoms with Crippen molar-refractivity contribution >= 4 is 5.97 Å². The van der Waals surface area contributed by atoms with Crippen LogP contribution < -0.4 is 5.32 Å². The van der Waals surface area contributed by atoms with Crippen molar-refractivity contribution in [2.45, 2.75) is 51.0 Å². The van der Waals surface area contributed by atoms with Crippen LogP contribution in [0, 0.1) is 5.41 Å². The zero-order valence-corrected chi connectivity index (χ0v) is 10.6. The molecule has 0 atom stereocenters. The molecule has 2 aliphatic rings. The maximum Gasteiger partial charge on any atom is 0.315 e. The van der Waals surface area contributed by atoms with Crippen molar-refractivity contribution in [2.75, 3.05) is 19.7 Å². The van der Waals surface area contributed by atoms with Gasteiger partial charge in [-0.3, -0.25) is 4.79 Å². The molecule has 1 saturated heterocycles. The maximum absolute atomic E-state index is 12.3. The predicted molar refractivity (Wildman–Crippen MR) is 64.6 cm³/mol. The number of piperidine rings is 1. The number of esters is 1. The summed E-state index contributed by atoms with van der Waals surface area (Å²) < 4.78 is 5.24. The van der Waals surface area contributed by atoms with Crippen LogP contribution in [0.2, 0.25) is 0 Å². The Balaban J connectivity index is 2.25. The molecule has 0 amide bonds. The second kappa shape index (κ2) is 4.94. The number of hydrogen-bond acceptors (Lipinski definition) is 4. The second-order valence-corrected chi connectivity index (χ2v) is 5.29. The largest absolute Gasteiger partial charge is 0.465 e. The minimum absolute atomic E-state index is 0.189. The fraction of sp³-hybridized carbons (Fsp3) is 0.923. The van der Waals surface area contributed by atoms with Gasteiger partial charge in [0.15, 0.2) is 0 Å². The highest BCUT2D eigenvalue weighted by Gasteiger charge is 2.57. The Hall–Kier alpha value is -0.610. The van der Waals surface area contributed by atoms with E-state index in [-0.39, 0.29) is 5.97 Å². The number of carbonyl (C=O) groups excluding carboxylic acids is 1. The third kappa shape index (κ3) is 2.08. The summed E-state index contributed by atoms with van der Waals surface area (Å²) in [6, 6.07) is 0. The molecule has 1 heterocycles. The topological polar surface area (TPSA) is 58.6 Å². The molecule has 4 nitrogen and oxygen atoms in total. The summed E-state index contributed by atoms with van der Waals surface area (Å²) in [6.07, 6.45) is 4.92. The number of rotatable bonds is 3. The first-order valence-electron chi connectivity index (χ1n) is 6.75. The maximum atomic E-state index is 12.3. The fourth-order valence-corrected chi connectivity index (χ4v) is 3.42. The number of ether oxygens (including phenoxy) is 1. The average Bonchev–Trinajstić information content (AvgIpc) is 2.79. The molecule has 0 aromatic carbocycles. The van der Waals surface area contributed by atoms with Gasteiger partial charge in [0.05, 0.1) is 17.6 Å². The molecule has 0 bridgehead atoms. The summed E-state index contributed by atoms with van der Waals surface area (Å²) in [6.45, 7) is 3.80. The first-order chi connectivity index (χ1) is 8.15. The van der Waals surface area contributed by atoms with Crippen LogP contribution >= 0.6 is 0 Å². The fourth-order valence-electron chi connectivity index (χ4n) is 3.42. The van der Waals surface area contributed by atoms with E-state index in [1.54, 1.807) is 0 Å². The van der Waals surface area contributed by atoms with Crippen LogP contribution in [0.15, 0.2) is 0 Å². The van der Waals surface area contributed by atoms with Gasteiger partial charge in [0, 0.05) is 0 Å². The lowest BCUT2D eigenvalue weighted by Gasteiger charge is -2.45. The molecule has 17 heavy (non-hydrogen) atoms. The Morgan fingerprint density at radius 3 is 2.35 bits per heavy atom. The van der Waals surface area contributed by atoms with Gasteiger partial charge >= 0.3 is 5.97 Å². The van der Waals surface area contributed by atoms with E-state index in [0.717, 1.165) is 38.8 Å². The van der Waals surface area contributed by atoms with E-state index in [1.165, 1.54) is 0 Å². The molecule has 0 aromatic rings. The van der Waals surface area contributed by atoms with Gasteiger partial charge in [-0.2, -0.15) is 0 Å². The minimum atomic E-state index is -0.832. The SMILES string of the molecule is CCOC(=O)C1(C2(O)CCCC2)CCNCC1. The average molecular weight is 241 g/mol. The predicted octanol–water partition coefficient (Wildman–Crippen LogP) is 1.22. The summed E-state index contributed by atoms with van der Waals surface area (Å²) in [5.74, 6) is -0.189. The number of aliphatic hydroxyl groups is 1. The monoisotopic (exact) mass is 241 g/mol. The lowest BCUT2D eigenvalue weighted by Crippen LogP contribution is -2.57. The molecule has 0 aromatic heterocycles. The van der Waals surface area contributed by atoms with E-state index in [0.29, 0.717) is 19.4 Å². The highest BCUT2D eigenvalue weighted by Crippen LogP contribution is 2.49. The third-order valence-corrected chi connectivity index (χ3v) is 4.44. The summed E-state index contributed by atoms with van der Waals surface area (Å²) in [7, 11) is 0. The van der Waals surface area contributed by atoms with Crippen LogP contribution in [-0.4, -0.2) is 36.4 Å². The third-order valence-electron chi connectivity index (χ3n) is 4.44. The van der Waals surface area contributed by atoms with Crippen LogP contribution in [0.5, 0.6) is 0 Å². The van der Waals surface area contributed by atoms with Crippen molar-refractivity contribution < 1.29 is 14.6 Å². The van der Waals surface area contributed by atoms with Crippen LogP contribution in [0.25, 0.3) is 0 Å². The van der Waals surface area contributed by atoms with Crippen molar-refractivity contribution in [3.05, 3.63) is 0 Å². The summed E-state index contributed by atoms with van der Waals surface area (Å²) in [5.41, 5.74) is -1.49. The zero-order chi connectivity index (χ0) is 12.4. The molecule has 2 N–H and O–H groups in total. The van der Waals surface area contributed by atoms with Gasteiger partial charge in [-0.05, 0) is 45.7 Å². The molecule has 0 unspecified atom stereocenters. The molecule has 4 heteroatoms. The van der Waals surface area contributed by atoms with Gasteiger partial charge in [-0.1, -0.05) is 12.8 Å². The van der Waals surface area contributed by atoms with Gasteiger partial charge in [-0.15, -0.1) is 0 Å². The quantitative estimate of drug-likeness (QED) is 0.730. The minimum Gasteiger partial charge on any atom is -0.465 e. The zero-order valence-electron chi connectivity index (χ0n) is 10.6. The Morgan fingerprint density at radius 2 is 1.82 bits per heavy atom. The summed E-state index contributed by atoms with van der Waals surface area (Å²) >= 11 is 0. The highest BCUT2D eigenvalue weighted by molar-refractivity contribution is 5.79. The molecule has 1 aliphatic carbocycles. The summed E-state index contributed by atoms with van der Waals surface area (Å²) in [5, 5.41) is 14.1. The lowest BCUT2D eigenvalue weighted by molar-refractivity contribution is -0.179. The highest BCUT2D eigenvalue weighted by atomic mass is 16.5. The molecule has 1 aliphatic heterocycles. The molecule has 2 fully saturated rings. The molecule has 0 radical (unpaired) electrons. The number of carbonyl (C=O) groups is 1. The van der Waals surface area contributed by atoms with Crippen LogP contribution in [0.1, 0.15) is 45.4 Å². The van der Waals surface area contributed by atoms with E-state index in [2.05, 4.69) is 5.32 Å². The number of hydrogen-bond donors (Lipinski definition) is 2. The number of nitrogens with one attached hydrogen (secondary N) is 1. The standard InChI is InChI=1S/C13H23NO3/c1-2-17-11(15)12(7-9-14-10-8-12)13(16)5-3-4-6-13/h14,16H,2-10H2,1H3. The van der Waals surface area contributed by atoms with Gasteiger partial charge < -0.3 is 15.2 Å². The smallest absolute Gasteiger partial charge is 0.315 e. The second-order valence-electron chi connectivity index (χ2n) is 5.29. The summed E-state index contributed by atoms with van der Waals surface area (Å²) in [4.78, 5) is 12.3. The van der Waals surface area contributed by atoms with Gasteiger partial charge in [0.25, 0.3) is 0 Å². The van der Waals surface area contributed by atoms with Crippen molar-refractivity contribution in [1.82, 2.24) is 5.32 Å². The molecular weight excluding hydrogens is 218 g/mol. The first kappa shape index (κ1) is 12.8. The van der Waals surface area contributed by atoms with E-state index in [4.69, 9.17) is 4.74 Å². The van der Waals surface area contributed by atoms with E-state index < -0.39 is 11.0 Å². The van der Waals surface area contributed by atoms with Gasteiger partial charge in [-0.25, -0.2) is 0 Å². The van der Waals surface area contributed by atoms with Crippen LogP contribution in [-0.2, 0) is 9.53 Å². The van der Waals surface area contributed by atoms with Crippen LogP contribution in [0.3, 0.4) is 0 Å². The molecule has 98 valence electrons.